The van der Waals surface area contributed by atoms with Crippen LogP contribution in [0, 0.1) is 0 Å². The van der Waals surface area contributed by atoms with E-state index in [9.17, 15) is 4.79 Å². The minimum absolute atomic E-state index is 0.0466. The number of carbonyl (C=O) groups excluding carboxylic acids is 1. The van der Waals surface area contributed by atoms with Crippen molar-refractivity contribution in [2.45, 2.75) is 32.2 Å². The van der Waals surface area contributed by atoms with Crippen LogP contribution in [-0.2, 0) is 0 Å². The first-order chi connectivity index (χ1) is 12.6. The Morgan fingerprint density at radius 2 is 2.12 bits per heavy atom. The molecule has 1 fully saturated rings. The zero-order valence-electron chi connectivity index (χ0n) is 15.7. The number of guanidine groups is 1. The number of halogens is 1. The van der Waals surface area contributed by atoms with Gasteiger partial charge in [0.1, 0.15) is 0 Å². The molecule has 0 radical (unpaired) electrons. The first kappa shape index (κ1) is 20.7. The fraction of sp³-hybridized carbons (Fsp3) is 0.579. The summed E-state index contributed by atoms with van der Waals surface area (Å²) in [5.41, 5.74) is 0.668. The van der Waals surface area contributed by atoms with Gasteiger partial charge in [0.15, 0.2) is 5.96 Å². The molecule has 6 nitrogen and oxygen atoms in total. The lowest BCUT2D eigenvalue weighted by Gasteiger charge is -2.24. The monoisotopic (exact) mass is 423 g/mol. The summed E-state index contributed by atoms with van der Waals surface area (Å²) in [5.74, 6) is 0.779. The zero-order valence-corrected chi connectivity index (χ0v) is 17.3. The van der Waals surface area contributed by atoms with Crippen LogP contribution in [0.5, 0.6) is 0 Å². The second-order valence-electron chi connectivity index (χ2n) is 6.42. The molecule has 1 aromatic rings. The number of aliphatic imine (C=N–C) groups is 1. The van der Waals surface area contributed by atoms with Crippen molar-refractivity contribution in [2.24, 2.45) is 4.99 Å². The maximum Gasteiger partial charge on any atom is 0.251 e. The standard InChI is InChI=1S/C19H30BrN5O/c1-3-25-12-5-9-17(25)14-24-19(21-2)23-11-6-10-22-18(26)15-7-4-8-16(20)13-15/h4,7-8,13,17H,3,5-6,9-12,14H2,1-2H3,(H,22,26)(H2,21,23,24). The van der Waals surface area contributed by atoms with E-state index in [1.807, 2.05) is 24.3 Å². The Bertz CT molecular complexity index is 607. The molecule has 2 rings (SSSR count). The Hall–Kier alpha value is -1.60. The second kappa shape index (κ2) is 11.2. The van der Waals surface area contributed by atoms with E-state index in [1.165, 1.54) is 19.4 Å². The van der Waals surface area contributed by atoms with Crippen LogP contribution in [0.4, 0.5) is 0 Å². The van der Waals surface area contributed by atoms with Gasteiger partial charge < -0.3 is 16.0 Å². The van der Waals surface area contributed by atoms with E-state index in [0.717, 1.165) is 36.5 Å². The normalized spacial score (nSPS) is 18.0. The van der Waals surface area contributed by atoms with Crippen molar-refractivity contribution in [3.63, 3.8) is 0 Å². The third kappa shape index (κ3) is 6.61. The molecule has 1 aliphatic rings. The third-order valence-electron chi connectivity index (χ3n) is 4.65. The lowest BCUT2D eigenvalue weighted by atomic mass is 10.2. The number of carbonyl (C=O) groups is 1. The predicted molar refractivity (Wildman–Crippen MR) is 111 cm³/mol. The number of likely N-dealkylation sites (N-methyl/N-ethyl adjacent to an activating group) is 1. The van der Waals surface area contributed by atoms with Crippen molar-refractivity contribution in [1.29, 1.82) is 0 Å². The molecule has 144 valence electrons. The summed E-state index contributed by atoms with van der Waals surface area (Å²) >= 11 is 3.38. The molecule has 0 spiro atoms. The van der Waals surface area contributed by atoms with E-state index in [4.69, 9.17) is 0 Å². The summed E-state index contributed by atoms with van der Waals surface area (Å²) in [7, 11) is 1.79. The maximum atomic E-state index is 12.1. The molecule has 1 heterocycles. The van der Waals surface area contributed by atoms with E-state index in [2.05, 4.69) is 48.7 Å². The highest BCUT2D eigenvalue weighted by Gasteiger charge is 2.22. The molecule has 1 aromatic carbocycles. The molecule has 0 saturated carbocycles. The Balaban J connectivity index is 1.61. The quantitative estimate of drug-likeness (QED) is 0.340. The van der Waals surface area contributed by atoms with E-state index in [1.54, 1.807) is 7.05 Å². The van der Waals surface area contributed by atoms with Gasteiger partial charge in [-0.15, -0.1) is 0 Å². The van der Waals surface area contributed by atoms with E-state index in [0.29, 0.717) is 18.2 Å². The van der Waals surface area contributed by atoms with Crippen molar-refractivity contribution in [1.82, 2.24) is 20.9 Å². The van der Waals surface area contributed by atoms with Gasteiger partial charge in [0.05, 0.1) is 0 Å². The van der Waals surface area contributed by atoms with Crippen molar-refractivity contribution < 1.29 is 4.79 Å². The molecular formula is C19H30BrN5O. The van der Waals surface area contributed by atoms with Crippen LogP contribution in [0.3, 0.4) is 0 Å². The highest BCUT2D eigenvalue weighted by atomic mass is 79.9. The van der Waals surface area contributed by atoms with Crippen LogP contribution >= 0.6 is 15.9 Å². The number of likely N-dealkylation sites (tertiary alicyclic amines) is 1. The van der Waals surface area contributed by atoms with Crippen LogP contribution in [-0.4, -0.2) is 62.6 Å². The van der Waals surface area contributed by atoms with Gasteiger partial charge >= 0.3 is 0 Å². The molecule has 0 aromatic heterocycles. The van der Waals surface area contributed by atoms with Crippen LogP contribution in [0.2, 0.25) is 0 Å². The number of hydrogen-bond donors (Lipinski definition) is 3. The topological polar surface area (TPSA) is 68.8 Å². The Morgan fingerprint density at radius 3 is 2.85 bits per heavy atom. The fourth-order valence-corrected chi connectivity index (χ4v) is 3.61. The largest absolute Gasteiger partial charge is 0.356 e. The molecule has 0 bridgehead atoms. The SMILES string of the molecule is CCN1CCCC1CNC(=NC)NCCCNC(=O)c1cccc(Br)c1. The van der Waals surface area contributed by atoms with Gasteiger partial charge in [0.2, 0.25) is 0 Å². The molecule has 7 heteroatoms. The second-order valence-corrected chi connectivity index (χ2v) is 7.34. The highest BCUT2D eigenvalue weighted by molar-refractivity contribution is 9.10. The Morgan fingerprint density at radius 1 is 1.31 bits per heavy atom. The van der Waals surface area contributed by atoms with Crippen LogP contribution in [0.1, 0.15) is 36.5 Å². The average Bonchev–Trinajstić information content (AvgIpc) is 3.11. The van der Waals surface area contributed by atoms with Crippen molar-refractivity contribution in [3.8, 4) is 0 Å². The smallest absolute Gasteiger partial charge is 0.251 e. The lowest BCUT2D eigenvalue weighted by Crippen LogP contribution is -2.45. The number of nitrogens with one attached hydrogen (secondary N) is 3. The highest BCUT2D eigenvalue weighted by Crippen LogP contribution is 2.15. The first-order valence-corrected chi connectivity index (χ1v) is 10.2. The molecule has 26 heavy (non-hydrogen) atoms. The number of benzene rings is 1. The first-order valence-electron chi connectivity index (χ1n) is 9.36. The minimum Gasteiger partial charge on any atom is -0.356 e. The summed E-state index contributed by atoms with van der Waals surface area (Å²) in [6.07, 6.45) is 3.37. The summed E-state index contributed by atoms with van der Waals surface area (Å²) in [6, 6.07) is 8.00. The van der Waals surface area contributed by atoms with Gasteiger partial charge in [-0.05, 0) is 50.6 Å². The summed E-state index contributed by atoms with van der Waals surface area (Å²) in [4.78, 5) is 18.9. The molecule has 1 aliphatic heterocycles. The molecular weight excluding hydrogens is 394 g/mol. The summed E-state index contributed by atoms with van der Waals surface area (Å²) < 4.78 is 0.908. The molecule has 1 amide bonds. The van der Waals surface area contributed by atoms with Crippen molar-refractivity contribution in [2.75, 3.05) is 39.8 Å². The predicted octanol–water partition coefficient (Wildman–Crippen LogP) is 2.22. The molecule has 1 atom stereocenters. The summed E-state index contributed by atoms with van der Waals surface area (Å²) in [6.45, 7) is 6.84. The van der Waals surface area contributed by atoms with E-state index in [-0.39, 0.29) is 5.91 Å². The molecule has 1 saturated heterocycles. The van der Waals surface area contributed by atoms with Crippen molar-refractivity contribution >= 4 is 27.8 Å². The molecule has 0 aliphatic carbocycles. The van der Waals surface area contributed by atoms with Gasteiger partial charge in [0, 0.05) is 42.8 Å². The van der Waals surface area contributed by atoms with Gasteiger partial charge in [-0.25, -0.2) is 0 Å². The van der Waals surface area contributed by atoms with Gasteiger partial charge in [-0.1, -0.05) is 28.9 Å². The Kier molecular flexibility index (Phi) is 8.91. The molecule has 1 unspecified atom stereocenters. The van der Waals surface area contributed by atoms with Crippen LogP contribution in [0.25, 0.3) is 0 Å². The number of amides is 1. The zero-order chi connectivity index (χ0) is 18.8. The summed E-state index contributed by atoms with van der Waals surface area (Å²) in [5, 5.41) is 9.66. The number of rotatable bonds is 8. The minimum atomic E-state index is -0.0466. The number of nitrogens with zero attached hydrogens (tertiary/aromatic N) is 2. The van der Waals surface area contributed by atoms with Gasteiger partial charge in [-0.2, -0.15) is 0 Å². The van der Waals surface area contributed by atoms with E-state index < -0.39 is 0 Å². The van der Waals surface area contributed by atoms with E-state index >= 15 is 0 Å². The maximum absolute atomic E-state index is 12.1. The van der Waals surface area contributed by atoms with Gasteiger partial charge in [0.25, 0.3) is 5.91 Å². The average molecular weight is 424 g/mol. The van der Waals surface area contributed by atoms with Crippen LogP contribution in [0.15, 0.2) is 33.7 Å². The lowest BCUT2D eigenvalue weighted by molar-refractivity contribution is 0.0953. The van der Waals surface area contributed by atoms with Crippen molar-refractivity contribution in [3.05, 3.63) is 34.3 Å². The van der Waals surface area contributed by atoms with Gasteiger partial charge in [-0.3, -0.25) is 14.7 Å². The van der Waals surface area contributed by atoms with Crippen LogP contribution < -0.4 is 16.0 Å². The Labute approximate surface area is 165 Å². The number of hydrogen-bond acceptors (Lipinski definition) is 3. The molecule has 3 N–H and O–H groups in total. The third-order valence-corrected chi connectivity index (χ3v) is 5.15. The fourth-order valence-electron chi connectivity index (χ4n) is 3.21.